The third-order valence-corrected chi connectivity index (χ3v) is 5.45. The van der Waals surface area contributed by atoms with E-state index >= 15 is 0 Å². The van der Waals surface area contributed by atoms with Gasteiger partial charge < -0.3 is 9.73 Å². The van der Waals surface area contributed by atoms with Gasteiger partial charge >= 0.3 is 5.63 Å². The molecule has 1 aromatic heterocycles. The summed E-state index contributed by atoms with van der Waals surface area (Å²) in [5.74, 6) is 0.864. The lowest BCUT2D eigenvalue weighted by Crippen LogP contribution is -2.88. The molecule has 24 heavy (non-hydrogen) atoms. The van der Waals surface area contributed by atoms with Crippen molar-refractivity contribution >= 4 is 21.7 Å². The van der Waals surface area contributed by atoms with Crippen LogP contribution < -0.4 is 10.9 Å². The zero-order valence-corrected chi connectivity index (χ0v) is 14.1. The summed E-state index contributed by atoms with van der Waals surface area (Å²) < 4.78 is 5.45. The van der Waals surface area contributed by atoms with Crippen molar-refractivity contribution in [3.05, 3.63) is 58.4 Å². The smallest absolute Gasteiger partial charge is 0.336 e. The molecule has 0 unspecified atom stereocenters. The van der Waals surface area contributed by atoms with Crippen LogP contribution in [0.15, 0.2) is 51.7 Å². The summed E-state index contributed by atoms with van der Waals surface area (Å²) in [6.45, 7) is 3.19. The van der Waals surface area contributed by atoms with Gasteiger partial charge in [0.25, 0.3) is 0 Å². The topological polar surface area (TPSA) is 46.8 Å². The summed E-state index contributed by atoms with van der Waals surface area (Å²) in [5.41, 5.74) is 1.54. The van der Waals surface area contributed by atoms with Crippen LogP contribution in [0.25, 0.3) is 21.7 Å². The highest BCUT2D eigenvalue weighted by molar-refractivity contribution is 6.06. The Morgan fingerprint density at radius 1 is 1.08 bits per heavy atom. The lowest BCUT2D eigenvalue weighted by molar-refractivity contribution is -0.707. The molecule has 1 saturated carbocycles. The Kier molecular flexibility index (Phi) is 4.11. The number of hydrogen-bond donors (Lipinski definition) is 1. The average molecular weight is 322 g/mol. The maximum absolute atomic E-state index is 12.0. The largest absolute Gasteiger partial charge is 0.423 e. The molecule has 4 rings (SSSR count). The van der Waals surface area contributed by atoms with Gasteiger partial charge in [-0.15, -0.1) is 0 Å². The summed E-state index contributed by atoms with van der Waals surface area (Å²) in [5, 5.41) is 5.86. The van der Waals surface area contributed by atoms with Crippen LogP contribution >= 0.6 is 0 Å². The van der Waals surface area contributed by atoms with E-state index in [9.17, 15) is 4.79 Å². The molecule has 3 heteroatoms. The molecule has 1 heterocycles. The van der Waals surface area contributed by atoms with Gasteiger partial charge in [-0.1, -0.05) is 37.3 Å². The molecule has 124 valence electrons. The Morgan fingerprint density at radius 2 is 1.88 bits per heavy atom. The maximum Gasteiger partial charge on any atom is 0.336 e. The fourth-order valence-corrected chi connectivity index (χ4v) is 4.00. The molecule has 2 N–H and O–H groups in total. The summed E-state index contributed by atoms with van der Waals surface area (Å²) >= 11 is 0. The highest BCUT2D eigenvalue weighted by atomic mass is 16.4. The van der Waals surface area contributed by atoms with Crippen LogP contribution in [-0.4, -0.2) is 6.04 Å². The van der Waals surface area contributed by atoms with Crippen molar-refractivity contribution < 1.29 is 9.73 Å². The van der Waals surface area contributed by atoms with Gasteiger partial charge in [0, 0.05) is 17.0 Å². The van der Waals surface area contributed by atoms with E-state index in [-0.39, 0.29) is 5.63 Å². The predicted molar refractivity (Wildman–Crippen MR) is 97.0 cm³/mol. The SMILES string of the molecule is CC1CCC([NH2+]Cc2cc(=O)oc3ccc4ccccc4c23)CC1. The Bertz CT molecular complexity index is 920. The lowest BCUT2D eigenvalue weighted by atomic mass is 9.87. The third kappa shape index (κ3) is 2.96. The molecule has 0 amide bonds. The number of quaternary nitrogens is 1. The normalized spacial score (nSPS) is 21.4. The van der Waals surface area contributed by atoms with E-state index in [1.807, 2.05) is 24.3 Å². The second-order valence-electron chi connectivity index (χ2n) is 7.21. The van der Waals surface area contributed by atoms with Crippen molar-refractivity contribution in [3.63, 3.8) is 0 Å². The van der Waals surface area contributed by atoms with E-state index in [0.29, 0.717) is 11.6 Å². The molecule has 0 spiro atoms. The van der Waals surface area contributed by atoms with Crippen LogP contribution in [0.4, 0.5) is 0 Å². The van der Waals surface area contributed by atoms with Crippen molar-refractivity contribution in [2.24, 2.45) is 5.92 Å². The summed E-state index contributed by atoms with van der Waals surface area (Å²) in [4.78, 5) is 12.0. The van der Waals surface area contributed by atoms with E-state index in [4.69, 9.17) is 4.42 Å². The van der Waals surface area contributed by atoms with Crippen molar-refractivity contribution in [2.75, 3.05) is 0 Å². The first kappa shape index (κ1) is 15.4. The Labute approximate surface area is 141 Å². The molecule has 3 nitrogen and oxygen atoms in total. The van der Waals surface area contributed by atoms with Crippen LogP contribution in [0.3, 0.4) is 0 Å². The molecule has 1 aliphatic rings. The van der Waals surface area contributed by atoms with Crippen LogP contribution in [0.5, 0.6) is 0 Å². The van der Waals surface area contributed by atoms with Gasteiger partial charge in [-0.25, -0.2) is 4.79 Å². The molecule has 1 fully saturated rings. The molecule has 3 aromatic rings. The summed E-state index contributed by atoms with van der Waals surface area (Å²) in [7, 11) is 0. The zero-order valence-electron chi connectivity index (χ0n) is 14.1. The zero-order chi connectivity index (χ0) is 16.5. The molecule has 0 saturated heterocycles. The second kappa shape index (κ2) is 6.40. The van der Waals surface area contributed by atoms with Gasteiger partial charge in [0.05, 0.1) is 6.04 Å². The maximum atomic E-state index is 12.0. The van der Waals surface area contributed by atoms with Gasteiger partial charge in [0.1, 0.15) is 12.1 Å². The van der Waals surface area contributed by atoms with Crippen LogP contribution in [0.2, 0.25) is 0 Å². The van der Waals surface area contributed by atoms with Crippen LogP contribution in [0.1, 0.15) is 38.2 Å². The van der Waals surface area contributed by atoms with E-state index in [2.05, 4.69) is 24.4 Å². The minimum atomic E-state index is -0.251. The van der Waals surface area contributed by atoms with E-state index in [1.54, 1.807) is 6.07 Å². The molecular weight excluding hydrogens is 298 g/mol. The Hall–Kier alpha value is -2.13. The molecule has 1 aliphatic carbocycles. The van der Waals surface area contributed by atoms with Gasteiger partial charge in [0.2, 0.25) is 0 Å². The molecular formula is C21H24NO2+. The van der Waals surface area contributed by atoms with Crippen LogP contribution in [0, 0.1) is 5.92 Å². The standard InChI is InChI=1S/C21H23NO2/c1-14-6-9-17(10-7-14)22-13-16-12-20(23)24-19-11-8-15-4-2-3-5-18(15)21(16)19/h2-5,8,11-12,14,17,22H,6-7,9-10,13H2,1H3/p+1. The summed E-state index contributed by atoms with van der Waals surface area (Å²) in [6.07, 6.45) is 5.20. The van der Waals surface area contributed by atoms with Gasteiger partial charge in [-0.3, -0.25) is 0 Å². The minimum Gasteiger partial charge on any atom is -0.423 e. The minimum absolute atomic E-state index is 0.251. The van der Waals surface area contributed by atoms with E-state index in [0.717, 1.165) is 23.4 Å². The molecule has 0 bridgehead atoms. The molecule has 0 radical (unpaired) electrons. The van der Waals surface area contributed by atoms with Gasteiger partial charge in [-0.2, -0.15) is 0 Å². The monoisotopic (exact) mass is 322 g/mol. The lowest BCUT2D eigenvalue weighted by Gasteiger charge is -2.24. The number of nitrogens with two attached hydrogens (primary N) is 1. The molecule has 2 aromatic carbocycles. The van der Waals surface area contributed by atoms with Gasteiger partial charge in [0.15, 0.2) is 0 Å². The van der Waals surface area contributed by atoms with Crippen molar-refractivity contribution in [3.8, 4) is 0 Å². The third-order valence-electron chi connectivity index (χ3n) is 5.45. The first-order valence-corrected chi connectivity index (χ1v) is 8.98. The Morgan fingerprint density at radius 3 is 2.71 bits per heavy atom. The Balaban J connectivity index is 1.71. The van der Waals surface area contributed by atoms with Crippen LogP contribution in [-0.2, 0) is 6.54 Å². The quantitative estimate of drug-likeness (QED) is 0.592. The number of rotatable bonds is 3. The predicted octanol–water partition coefficient (Wildman–Crippen LogP) is 3.59. The average Bonchev–Trinajstić information content (AvgIpc) is 2.60. The summed E-state index contributed by atoms with van der Waals surface area (Å²) in [6, 6.07) is 14.6. The second-order valence-corrected chi connectivity index (χ2v) is 7.21. The highest BCUT2D eigenvalue weighted by Crippen LogP contribution is 2.27. The van der Waals surface area contributed by atoms with Crippen molar-refractivity contribution in [1.82, 2.24) is 0 Å². The first-order valence-electron chi connectivity index (χ1n) is 8.98. The fourth-order valence-electron chi connectivity index (χ4n) is 4.00. The number of fused-ring (bicyclic) bond motifs is 3. The van der Waals surface area contributed by atoms with E-state index in [1.165, 1.54) is 36.5 Å². The molecule has 0 aliphatic heterocycles. The van der Waals surface area contributed by atoms with Gasteiger partial charge in [-0.05, 0) is 48.4 Å². The van der Waals surface area contributed by atoms with Crippen molar-refractivity contribution in [1.29, 1.82) is 0 Å². The number of benzene rings is 2. The number of hydrogen-bond acceptors (Lipinski definition) is 2. The van der Waals surface area contributed by atoms with Crippen molar-refractivity contribution in [2.45, 2.75) is 45.2 Å². The van der Waals surface area contributed by atoms with E-state index < -0.39 is 0 Å². The molecule has 0 atom stereocenters. The first-order chi connectivity index (χ1) is 11.7. The highest BCUT2D eigenvalue weighted by Gasteiger charge is 2.21. The fraction of sp³-hybridized carbons (Fsp3) is 0.381.